The van der Waals surface area contributed by atoms with Crippen LogP contribution in [0.1, 0.15) is 21.6 Å². The molecule has 0 spiro atoms. The average molecular weight is 390 g/mol. The van der Waals surface area contributed by atoms with Crippen molar-refractivity contribution < 1.29 is 9.53 Å². The maximum absolute atomic E-state index is 12.1. The Hall–Kier alpha value is -3.32. The summed E-state index contributed by atoms with van der Waals surface area (Å²) >= 11 is 1.46. The molecule has 0 aliphatic carbocycles. The third-order valence-electron chi connectivity index (χ3n) is 4.36. The van der Waals surface area contributed by atoms with Crippen molar-refractivity contribution in [2.75, 3.05) is 7.11 Å². The van der Waals surface area contributed by atoms with Gasteiger partial charge in [-0.1, -0.05) is 53.3 Å². The first-order valence-corrected chi connectivity index (χ1v) is 9.54. The smallest absolute Gasteiger partial charge is 0.358 e. The number of para-hydroxylation sites is 1. The van der Waals surface area contributed by atoms with Crippen LogP contribution in [-0.2, 0) is 4.74 Å². The Balaban J connectivity index is 1.84. The van der Waals surface area contributed by atoms with E-state index < -0.39 is 5.97 Å². The molecule has 2 aromatic carbocycles. The van der Waals surface area contributed by atoms with Gasteiger partial charge >= 0.3 is 5.97 Å². The summed E-state index contributed by atoms with van der Waals surface area (Å²) in [5.41, 5.74) is 5.01. The van der Waals surface area contributed by atoms with E-state index in [0.717, 1.165) is 27.4 Å². The van der Waals surface area contributed by atoms with Crippen LogP contribution in [0.3, 0.4) is 0 Å². The molecule has 0 aliphatic heterocycles. The van der Waals surface area contributed by atoms with E-state index in [2.05, 4.69) is 21.4 Å². The van der Waals surface area contributed by atoms with Gasteiger partial charge in [-0.2, -0.15) is 5.10 Å². The fourth-order valence-corrected chi connectivity index (χ4v) is 3.79. The minimum absolute atomic E-state index is 0.230. The van der Waals surface area contributed by atoms with Crippen molar-refractivity contribution in [1.29, 1.82) is 0 Å². The molecule has 4 rings (SSSR count). The molecular weight excluding hydrogens is 372 g/mol. The lowest BCUT2D eigenvalue weighted by atomic mass is 10.1. The number of benzene rings is 2. The number of ether oxygens (including phenoxy) is 1. The van der Waals surface area contributed by atoms with Gasteiger partial charge in [-0.15, -0.1) is 10.2 Å². The molecule has 0 amide bonds. The van der Waals surface area contributed by atoms with E-state index in [-0.39, 0.29) is 5.69 Å². The second-order valence-corrected chi connectivity index (χ2v) is 7.36. The van der Waals surface area contributed by atoms with E-state index in [1.54, 1.807) is 10.7 Å². The lowest BCUT2D eigenvalue weighted by Crippen LogP contribution is -2.05. The van der Waals surface area contributed by atoms with E-state index in [0.29, 0.717) is 10.7 Å². The summed E-state index contributed by atoms with van der Waals surface area (Å²) in [5.74, 6) is -0.489. The Morgan fingerprint density at radius 3 is 2.54 bits per heavy atom. The normalized spacial score (nSPS) is 10.8. The Kier molecular flexibility index (Phi) is 4.75. The van der Waals surface area contributed by atoms with E-state index in [4.69, 9.17) is 4.74 Å². The predicted molar refractivity (Wildman–Crippen MR) is 109 cm³/mol. The SMILES string of the molecule is COC(=O)c1cc(-c2nnc(-c3cccc(C)c3)s2)n(-c2ccccc2C)n1. The zero-order valence-corrected chi connectivity index (χ0v) is 16.5. The summed E-state index contributed by atoms with van der Waals surface area (Å²) < 4.78 is 6.57. The van der Waals surface area contributed by atoms with Gasteiger partial charge in [0.2, 0.25) is 0 Å². The largest absolute Gasteiger partial charge is 0.464 e. The monoisotopic (exact) mass is 390 g/mol. The minimum atomic E-state index is -0.489. The quantitative estimate of drug-likeness (QED) is 0.481. The van der Waals surface area contributed by atoms with E-state index in [1.165, 1.54) is 18.4 Å². The molecule has 0 fully saturated rings. The van der Waals surface area contributed by atoms with Crippen LogP contribution in [0.2, 0.25) is 0 Å². The predicted octanol–water partition coefficient (Wildman–Crippen LogP) is 4.46. The molecule has 0 radical (unpaired) electrons. The summed E-state index contributed by atoms with van der Waals surface area (Å²) in [6.07, 6.45) is 0. The molecule has 2 aromatic heterocycles. The lowest BCUT2D eigenvalue weighted by Gasteiger charge is -2.08. The maximum atomic E-state index is 12.1. The third-order valence-corrected chi connectivity index (χ3v) is 5.35. The molecule has 0 N–H and O–H groups in total. The third kappa shape index (κ3) is 3.32. The van der Waals surface area contributed by atoms with Crippen LogP contribution in [0, 0.1) is 13.8 Å². The molecule has 0 saturated carbocycles. The van der Waals surface area contributed by atoms with E-state index in [1.807, 2.05) is 56.3 Å². The number of carbonyl (C=O) groups is 1. The van der Waals surface area contributed by atoms with Crippen molar-refractivity contribution in [3.63, 3.8) is 0 Å². The first kappa shape index (κ1) is 18.1. The molecule has 0 atom stereocenters. The number of carbonyl (C=O) groups excluding carboxylic acids is 1. The highest BCUT2D eigenvalue weighted by molar-refractivity contribution is 7.17. The Bertz CT molecular complexity index is 1160. The molecule has 7 heteroatoms. The summed E-state index contributed by atoms with van der Waals surface area (Å²) in [7, 11) is 1.34. The molecule has 0 aliphatic rings. The number of esters is 1. The molecule has 140 valence electrons. The average Bonchev–Trinajstić information content (AvgIpc) is 3.35. The highest BCUT2D eigenvalue weighted by Gasteiger charge is 2.21. The van der Waals surface area contributed by atoms with E-state index >= 15 is 0 Å². The van der Waals surface area contributed by atoms with Crippen LogP contribution in [0.25, 0.3) is 27.0 Å². The van der Waals surface area contributed by atoms with Gasteiger partial charge in [-0.05, 0) is 31.5 Å². The van der Waals surface area contributed by atoms with Gasteiger partial charge in [0.05, 0.1) is 12.8 Å². The minimum Gasteiger partial charge on any atom is -0.464 e. The van der Waals surface area contributed by atoms with Crippen LogP contribution in [0.4, 0.5) is 0 Å². The van der Waals surface area contributed by atoms with Gasteiger partial charge in [-0.25, -0.2) is 9.48 Å². The number of aryl methyl sites for hydroxylation is 2. The van der Waals surface area contributed by atoms with Crippen molar-refractivity contribution in [2.45, 2.75) is 13.8 Å². The lowest BCUT2D eigenvalue weighted by molar-refractivity contribution is 0.0593. The number of hydrogen-bond acceptors (Lipinski definition) is 6. The fraction of sp³-hybridized carbons (Fsp3) is 0.143. The topological polar surface area (TPSA) is 69.9 Å². The Morgan fingerprint density at radius 2 is 1.79 bits per heavy atom. The van der Waals surface area contributed by atoms with E-state index in [9.17, 15) is 4.79 Å². The Labute approximate surface area is 166 Å². The van der Waals surface area contributed by atoms with Crippen molar-refractivity contribution in [3.8, 4) is 27.0 Å². The summed E-state index contributed by atoms with van der Waals surface area (Å²) in [4.78, 5) is 12.1. The standard InChI is InChI=1S/C21H18N4O2S/c1-13-7-6-9-15(11-13)19-22-23-20(28-19)18-12-16(21(26)27-3)24-25(18)17-10-5-4-8-14(17)2/h4-12H,1-3H3. The second-order valence-electron chi connectivity index (χ2n) is 6.39. The Morgan fingerprint density at radius 1 is 1.00 bits per heavy atom. The molecule has 28 heavy (non-hydrogen) atoms. The van der Waals surface area contributed by atoms with Crippen molar-refractivity contribution in [3.05, 3.63) is 71.4 Å². The zero-order chi connectivity index (χ0) is 19.7. The fourth-order valence-electron chi connectivity index (χ4n) is 2.94. The van der Waals surface area contributed by atoms with Crippen LogP contribution in [-0.4, -0.2) is 33.1 Å². The number of hydrogen-bond donors (Lipinski definition) is 0. The first-order valence-electron chi connectivity index (χ1n) is 8.72. The molecule has 4 aromatic rings. The summed E-state index contributed by atoms with van der Waals surface area (Å²) in [6.45, 7) is 4.04. The van der Waals surface area contributed by atoms with Crippen LogP contribution >= 0.6 is 11.3 Å². The molecule has 0 saturated heterocycles. The number of methoxy groups -OCH3 is 1. The van der Waals surface area contributed by atoms with Gasteiger partial charge in [0.25, 0.3) is 0 Å². The van der Waals surface area contributed by atoms with Gasteiger partial charge < -0.3 is 4.74 Å². The van der Waals surface area contributed by atoms with Crippen molar-refractivity contribution >= 4 is 17.3 Å². The van der Waals surface area contributed by atoms with Gasteiger partial charge in [0, 0.05) is 11.6 Å². The van der Waals surface area contributed by atoms with Gasteiger partial charge in [0.15, 0.2) is 10.7 Å². The van der Waals surface area contributed by atoms with Crippen LogP contribution in [0.15, 0.2) is 54.6 Å². The maximum Gasteiger partial charge on any atom is 0.358 e. The highest BCUT2D eigenvalue weighted by Crippen LogP contribution is 2.32. The second kappa shape index (κ2) is 7.36. The summed E-state index contributed by atoms with van der Waals surface area (Å²) in [5, 5.41) is 14.7. The van der Waals surface area contributed by atoms with Crippen LogP contribution in [0.5, 0.6) is 0 Å². The van der Waals surface area contributed by atoms with Crippen LogP contribution < -0.4 is 0 Å². The number of aromatic nitrogens is 4. The highest BCUT2D eigenvalue weighted by atomic mass is 32.1. The summed E-state index contributed by atoms with van der Waals surface area (Å²) in [6, 6.07) is 17.7. The molecule has 0 bridgehead atoms. The van der Waals surface area contributed by atoms with Gasteiger partial charge in [-0.3, -0.25) is 0 Å². The molecule has 6 nitrogen and oxygen atoms in total. The first-order chi connectivity index (χ1) is 13.6. The molecule has 2 heterocycles. The van der Waals surface area contributed by atoms with Crippen molar-refractivity contribution in [1.82, 2.24) is 20.0 Å². The van der Waals surface area contributed by atoms with Crippen molar-refractivity contribution in [2.24, 2.45) is 0 Å². The zero-order valence-electron chi connectivity index (χ0n) is 15.7. The molecule has 0 unspecified atom stereocenters. The number of rotatable bonds is 4. The number of nitrogens with zero attached hydrogens (tertiary/aromatic N) is 4. The van der Waals surface area contributed by atoms with Gasteiger partial charge in [0.1, 0.15) is 10.7 Å². The molecular formula is C21H18N4O2S.